The molecule has 1 saturated heterocycles. The fraction of sp³-hybridized carbons (Fsp3) is 0.588. The molecule has 1 N–H and O–H groups in total. The Labute approximate surface area is 134 Å². The third-order valence-corrected chi connectivity index (χ3v) is 3.83. The zero-order chi connectivity index (χ0) is 17.3. The Morgan fingerprint density at radius 2 is 1.83 bits per heavy atom. The molecule has 1 aliphatic heterocycles. The normalized spacial score (nSPS) is 19.8. The van der Waals surface area contributed by atoms with Crippen molar-refractivity contribution in [2.75, 3.05) is 13.1 Å². The highest BCUT2D eigenvalue weighted by Gasteiger charge is 2.31. The van der Waals surface area contributed by atoms with Gasteiger partial charge in [-0.3, -0.25) is 9.69 Å². The van der Waals surface area contributed by atoms with Crippen molar-refractivity contribution < 1.29 is 18.0 Å². The summed E-state index contributed by atoms with van der Waals surface area (Å²) in [6.45, 7) is 7.82. The van der Waals surface area contributed by atoms with Crippen LogP contribution in [0.4, 0.5) is 13.2 Å². The summed E-state index contributed by atoms with van der Waals surface area (Å²) in [5, 5.41) is 2.98. The number of benzene rings is 1. The van der Waals surface area contributed by atoms with Gasteiger partial charge < -0.3 is 5.32 Å². The second kappa shape index (κ2) is 6.51. The average molecular weight is 328 g/mol. The van der Waals surface area contributed by atoms with Gasteiger partial charge in [0, 0.05) is 18.6 Å². The molecule has 0 saturated carbocycles. The molecule has 1 aliphatic rings. The summed E-state index contributed by atoms with van der Waals surface area (Å²) in [7, 11) is 0. The minimum absolute atomic E-state index is 0.0485. The fourth-order valence-electron chi connectivity index (χ4n) is 2.72. The van der Waals surface area contributed by atoms with Gasteiger partial charge in [0.15, 0.2) is 0 Å². The number of amides is 1. The Hall–Kier alpha value is -1.56. The molecule has 1 heterocycles. The molecule has 0 spiro atoms. The molecule has 6 heteroatoms. The highest BCUT2D eigenvalue weighted by Crippen LogP contribution is 2.29. The monoisotopic (exact) mass is 328 g/mol. The summed E-state index contributed by atoms with van der Waals surface area (Å²) >= 11 is 0. The van der Waals surface area contributed by atoms with Crippen LogP contribution in [0, 0.1) is 5.92 Å². The minimum atomic E-state index is -4.30. The molecule has 0 aliphatic carbocycles. The van der Waals surface area contributed by atoms with Gasteiger partial charge in [-0.2, -0.15) is 13.2 Å². The lowest BCUT2D eigenvalue weighted by Gasteiger charge is -2.23. The number of hydrogen-bond acceptors (Lipinski definition) is 2. The van der Waals surface area contributed by atoms with Gasteiger partial charge in [0.05, 0.1) is 11.5 Å². The highest BCUT2D eigenvalue weighted by molar-refractivity contribution is 5.79. The van der Waals surface area contributed by atoms with Crippen LogP contribution in [-0.4, -0.2) is 29.4 Å². The summed E-state index contributed by atoms with van der Waals surface area (Å²) < 4.78 is 37.6. The molecule has 128 valence electrons. The van der Waals surface area contributed by atoms with Crippen LogP contribution in [0.1, 0.15) is 38.3 Å². The lowest BCUT2D eigenvalue weighted by Crippen LogP contribution is -2.44. The molecule has 1 atom stereocenters. The zero-order valence-electron chi connectivity index (χ0n) is 13.7. The van der Waals surface area contributed by atoms with Gasteiger partial charge in [-0.25, -0.2) is 0 Å². The maximum Gasteiger partial charge on any atom is 0.416 e. The first-order valence-electron chi connectivity index (χ1n) is 7.75. The third kappa shape index (κ3) is 5.23. The number of hydrogen-bond donors (Lipinski definition) is 1. The van der Waals surface area contributed by atoms with Gasteiger partial charge in [0.2, 0.25) is 5.91 Å². The number of alkyl halides is 3. The highest BCUT2D eigenvalue weighted by atomic mass is 19.4. The second-order valence-corrected chi connectivity index (χ2v) is 7.15. The number of rotatable bonds is 3. The van der Waals surface area contributed by atoms with E-state index in [1.165, 1.54) is 12.1 Å². The lowest BCUT2D eigenvalue weighted by atomic mass is 10.0. The van der Waals surface area contributed by atoms with Crippen LogP contribution >= 0.6 is 0 Å². The van der Waals surface area contributed by atoms with Crippen molar-refractivity contribution in [3.8, 4) is 0 Å². The number of nitrogens with one attached hydrogen (secondary N) is 1. The molecule has 1 amide bonds. The SMILES string of the molecule is CC(C)(C)NC(=O)C1CCN(Cc2ccc(C(F)(F)F)cc2)C1. The predicted octanol–water partition coefficient (Wildman–Crippen LogP) is 3.44. The summed E-state index contributed by atoms with van der Waals surface area (Å²) in [5.41, 5.74) is -0.0576. The Morgan fingerprint density at radius 1 is 1.22 bits per heavy atom. The molecular weight excluding hydrogens is 305 g/mol. The summed E-state index contributed by atoms with van der Waals surface area (Å²) in [5.74, 6) is -0.00362. The van der Waals surface area contributed by atoms with Crippen molar-refractivity contribution in [2.45, 2.75) is 45.5 Å². The molecule has 1 unspecified atom stereocenters. The van der Waals surface area contributed by atoms with E-state index in [1.54, 1.807) is 0 Å². The van der Waals surface area contributed by atoms with E-state index >= 15 is 0 Å². The first-order chi connectivity index (χ1) is 10.5. The molecule has 3 nitrogen and oxygen atoms in total. The molecule has 1 aromatic rings. The van der Waals surface area contributed by atoms with Gasteiger partial charge in [0.25, 0.3) is 0 Å². The van der Waals surface area contributed by atoms with Gasteiger partial charge in [0.1, 0.15) is 0 Å². The Morgan fingerprint density at radius 3 is 2.35 bits per heavy atom. The lowest BCUT2D eigenvalue weighted by molar-refractivity contribution is -0.137. The van der Waals surface area contributed by atoms with E-state index in [-0.39, 0.29) is 17.4 Å². The zero-order valence-corrected chi connectivity index (χ0v) is 13.7. The topological polar surface area (TPSA) is 32.3 Å². The molecule has 1 aromatic carbocycles. The summed E-state index contributed by atoms with van der Waals surface area (Å²) in [4.78, 5) is 14.3. The van der Waals surface area contributed by atoms with E-state index < -0.39 is 11.7 Å². The van der Waals surface area contributed by atoms with E-state index in [2.05, 4.69) is 10.2 Å². The Bertz CT molecular complexity index is 546. The van der Waals surface area contributed by atoms with Crippen LogP contribution in [0.3, 0.4) is 0 Å². The molecule has 1 fully saturated rings. The van der Waals surface area contributed by atoms with Crippen molar-refractivity contribution >= 4 is 5.91 Å². The van der Waals surface area contributed by atoms with E-state index in [9.17, 15) is 18.0 Å². The quantitative estimate of drug-likeness (QED) is 0.922. The summed E-state index contributed by atoms with van der Waals surface area (Å²) in [6, 6.07) is 5.22. The van der Waals surface area contributed by atoms with Gasteiger partial charge >= 0.3 is 6.18 Å². The molecule has 2 rings (SSSR count). The number of halogens is 3. The van der Waals surface area contributed by atoms with Gasteiger partial charge in [-0.15, -0.1) is 0 Å². The van der Waals surface area contributed by atoms with Crippen molar-refractivity contribution in [3.05, 3.63) is 35.4 Å². The van der Waals surface area contributed by atoms with Gasteiger partial charge in [-0.05, 0) is 51.4 Å². The van der Waals surface area contributed by atoms with Crippen molar-refractivity contribution in [1.82, 2.24) is 10.2 Å². The van der Waals surface area contributed by atoms with Crippen LogP contribution in [0.2, 0.25) is 0 Å². The molecule has 0 radical (unpaired) electrons. The van der Waals surface area contributed by atoms with Gasteiger partial charge in [-0.1, -0.05) is 12.1 Å². The van der Waals surface area contributed by atoms with Crippen LogP contribution in [0.15, 0.2) is 24.3 Å². The second-order valence-electron chi connectivity index (χ2n) is 7.15. The maximum absolute atomic E-state index is 12.5. The minimum Gasteiger partial charge on any atom is -0.351 e. The van der Waals surface area contributed by atoms with E-state index in [4.69, 9.17) is 0 Å². The number of carbonyl (C=O) groups is 1. The number of nitrogens with zero attached hydrogens (tertiary/aromatic N) is 1. The first-order valence-corrected chi connectivity index (χ1v) is 7.75. The van der Waals surface area contributed by atoms with Crippen LogP contribution in [0.5, 0.6) is 0 Å². The van der Waals surface area contributed by atoms with Crippen molar-refractivity contribution in [2.24, 2.45) is 5.92 Å². The smallest absolute Gasteiger partial charge is 0.351 e. The van der Waals surface area contributed by atoms with Crippen LogP contribution in [0.25, 0.3) is 0 Å². The van der Waals surface area contributed by atoms with Crippen molar-refractivity contribution in [1.29, 1.82) is 0 Å². The van der Waals surface area contributed by atoms with E-state index in [1.807, 2.05) is 20.8 Å². The molecule has 0 aromatic heterocycles. The average Bonchev–Trinajstić information content (AvgIpc) is 2.85. The largest absolute Gasteiger partial charge is 0.416 e. The standard InChI is InChI=1S/C17H23F3N2O/c1-16(2,3)21-15(23)13-8-9-22(11-13)10-12-4-6-14(7-5-12)17(18,19)20/h4-7,13H,8-11H2,1-3H3,(H,21,23). The first kappa shape index (κ1) is 17.8. The molecular formula is C17H23F3N2O. The number of carbonyl (C=O) groups excluding carboxylic acids is 1. The van der Waals surface area contributed by atoms with Crippen molar-refractivity contribution in [3.63, 3.8) is 0 Å². The van der Waals surface area contributed by atoms with Crippen LogP contribution < -0.4 is 5.32 Å². The number of likely N-dealkylation sites (tertiary alicyclic amines) is 1. The Kier molecular flexibility index (Phi) is 5.04. The predicted molar refractivity (Wildman–Crippen MR) is 82.7 cm³/mol. The van der Waals surface area contributed by atoms with E-state index in [0.717, 1.165) is 30.7 Å². The van der Waals surface area contributed by atoms with E-state index in [0.29, 0.717) is 13.1 Å². The Balaban J connectivity index is 1.89. The molecule has 0 bridgehead atoms. The van der Waals surface area contributed by atoms with Crippen LogP contribution in [-0.2, 0) is 17.5 Å². The fourth-order valence-corrected chi connectivity index (χ4v) is 2.72. The summed E-state index contributed by atoms with van der Waals surface area (Å²) in [6.07, 6.45) is -3.52. The maximum atomic E-state index is 12.5. The third-order valence-electron chi connectivity index (χ3n) is 3.83. The molecule has 23 heavy (non-hydrogen) atoms.